The summed E-state index contributed by atoms with van der Waals surface area (Å²) in [4.78, 5) is 12.1. The van der Waals surface area contributed by atoms with Crippen molar-refractivity contribution in [2.75, 3.05) is 26.9 Å². The van der Waals surface area contributed by atoms with E-state index in [1.54, 1.807) is 25.3 Å². The molecule has 1 atom stereocenters. The molecular weight excluding hydrogens is 314 g/mol. The third-order valence-electron chi connectivity index (χ3n) is 3.08. The lowest BCUT2D eigenvalue weighted by atomic mass is 10.0. The van der Waals surface area contributed by atoms with Gasteiger partial charge in [-0.25, -0.2) is 0 Å². The van der Waals surface area contributed by atoms with Crippen LogP contribution in [0.5, 0.6) is 5.75 Å². The number of carbonyl (C=O) groups excluding carboxylic acids is 1. The van der Waals surface area contributed by atoms with Crippen LogP contribution in [0, 0.1) is 0 Å². The van der Waals surface area contributed by atoms with E-state index in [4.69, 9.17) is 9.47 Å². The highest BCUT2D eigenvalue weighted by atomic mass is 79.9. The minimum atomic E-state index is -0.957. The number of carbonyl (C=O) groups is 1. The van der Waals surface area contributed by atoms with E-state index < -0.39 is 5.60 Å². The molecule has 0 bridgehead atoms. The van der Waals surface area contributed by atoms with Gasteiger partial charge in [0.1, 0.15) is 11.4 Å². The second-order valence-corrected chi connectivity index (χ2v) is 5.41. The first-order valence-corrected chi connectivity index (χ1v) is 6.75. The number of ether oxygens (including phenoxy) is 2. The van der Waals surface area contributed by atoms with Crippen molar-refractivity contribution in [1.82, 2.24) is 5.32 Å². The Kier molecular flexibility index (Phi) is 4.44. The van der Waals surface area contributed by atoms with E-state index >= 15 is 0 Å². The third kappa shape index (κ3) is 3.46. The maximum atomic E-state index is 12.1. The number of halogens is 1. The quantitative estimate of drug-likeness (QED) is 0.874. The molecule has 6 heteroatoms. The number of hydrogen-bond donors (Lipinski definition) is 2. The van der Waals surface area contributed by atoms with Crippen molar-refractivity contribution in [3.05, 3.63) is 28.2 Å². The van der Waals surface area contributed by atoms with E-state index in [2.05, 4.69) is 21.2 Å². The molecule has 2 rings (SSSR count). The molecule has 1 aromatic rings. The Morgan fingerprint density at radius 2 is 2.42 bits per heavy atom. The van der Waals surface area contributed by atoms with Crippen molar-refractivity contribution in [3.63, 3.8) is 0 Å². The zero-order chi connectivity index (χ0) is 13.9. The van der Waals surface area contributed by atoms with Crippen LogP contribution in [0.3, 0.4) is 0 Å². The van der Waals surface area contributed by atoms with Crippen molar-refractivity contribution in [1.29, 1.82) is 0 Å². The standard InChI is InChI=1S/C13H16BrNO4/c1-18-9-2-3-11(14)10(6-9)12(16)15-7-13(17)4-5-19-8-13/h2-3,6,17H,4-5,7-8H2,1H3,(H,15,16)/t13-/m1/s1. The fraction of sp³-hybridized carbons (Fsp3) is 0.462. The molecule has 0 spiro atoms. The topological polar surface area (TPSA) is 67.8 Å². The van der Waals surface area contributed by atoms with Crippen LogP contribution in [0.4, 0.5) is 0 Å². The van der Waals surface area contributed by atoms with Gasteiger partial charge < -0.3 is 19.9 Å². The fourth-order valence-electron chi connectivity index (χ4n) is 1.88. The van der Waals surface area contributed by atoms with Crippen LogP contribution in [0.2, 0.25) is 0 Å². The number of methoxy groups -OCH3 is 1. The van der Waals surface area contributed by atoms with Crippen molar-refractivity contribution < 1.29 is 19.4 Å². The number of nitrogens with one attached hydrogen (secondary N) is 1. The fourth-order valence-corrected chi connectivity index (χ4v) is 2.31. The molecule has 1 saturated heterocycles. The summed E-state index contributed by atoms with van der Waals surface area (Å²) in [5, 5.41) is 12.8. The summed E-state index contributed by atoms with van der Waals surface area (Å²) in [7, 11) is 1.55. The summed E-state index contributed by atoms with van der Waals surface area (Å²) < 4.78 is 10.9. The lowest BCUT2D eigenvalue weighted by molar-refractivity contribution is 0.0264. The predicted octanol–water partition coefficient (Wildman–Crippen LogP) is 1.34. The first-order chi connectivity index (χ1) is 9.04. The van der Waals surface area contributed by atoms with Gasteiger partial charge in [-0.1, -0.05) is 0 Å². The van der Waals surface area contributed by atoms with Gasteiger partial charge in [-0.2, -0.15) is 0 Å². The van der Waals surface area contributed by atoms with Crippen molar-refractivity contribution >= 4 is 21.8 Å². The number of rotatable bonds is 4. The third-order valence-corrected chi connectivity index (χ3v) is 3.77. The van der Waals surface area contributed by atoms with Crippen LogP contribution >= 0.6 is 15.9 Å². The molecule has 1 aliphatic rings. The van der Waals surface area contributed by atoms with Gasteiger partial charge in [-0.3, -0.25) is 4.79 Å². The van der Waals surface area contributed by atoms with Crippen LogP contribution in [0.1, 0.15) is 16.8 Å². The molecule has 0 saturated carbocycles. The van der Waals surface area contributed by atoms with Gasteiger partial charge >= 0.3 is 0 Å². The average molecular weight is 330 g/mol. The van der Waals surface area contributed by atoms with Gasteiger partial charge in [-0.15, -0.1) is 0 Å². The number of hydrogen-bond acceptors (Lipinski definition) is 4. The molecule has 0 radical (unpaired) electrons. The second-order valence-electron chi connectivity index (χ2n) is 4.56. The van der Waals surface area contributed by atoms with Gasteiger partial charge in [0.05, 0.1) is 19.3 Å². The molecule has 0 aromatic heterocycles. The summed E-state index contributed by atoms with van der Waals surface area (Å²) in [6.45, 7) is 0.956. The van der Waals surface area contributed by atoms with Crippen LogP contribution < -0.4 is 10.1 Å². The highest BCUT2D eigenvalue weighted by molar-refractivity contribution is 9.10. The number of amides is 1. The van der Waals surface area contributed by atoms with E-state index in [0.717, 1.165) is 0 Å². The van der Waals surface area contributed by atoms with Crippen LogP contribution in [0.15, 0.2) is 22.7 Å². The van der Waals surface area contributed by atoms with Crippen molar-refractivity contribution in [2.45, 2.75) is 12.0 Å². The molecule has 5 nitrogen and oxygen atoms in total. The summed E-state index contributed by atoms with van der Waals surface area (Å²) in [5.41, 5.74) is -0.483. The van der Waals surface area contributed by atoms with Crippen LogP contribution in [-0.2, 0) is 4.74 Å². The highest BCUT2D eigenvalue weighted by Gasteiger charge is 2.32. The van der Waals surface area contributed by atoms with Crippen molar-refractivity contribution in [2.24, 2.45) is 0 Å². The largest absolute Gasteiger partial charge is 0.497 e. The minimum absolute atomic E-state index is 0.176. The predicted molar refractivity (Wildman–Crippen MR) is 73.4 cm³/mol. The summed E-state index contributed by atoms with van der Waals surface area (Å²) >= 11 is 3.32. The molecular formula is C13H16BrNO4. The molecule has 2 N–H and O–H groups in total. The number of benzene rings is 1. The molecule has 104 valence electrons. The molecule has 19 heavy (non-hydrogen) atoms. The van der Waals surface area contributed by atoms with Gasteiger partial charge in [0.15, 0.2) is 0 Å². The first kappa shape index (κ1) is 14.3. The Morgan fingerprint density at radius 3 is 3.05 bits per heavy atom. The normalized spacial score (nSPS) is 22.3. The second kappa shape index (κ2) is 5.90. The lowest BCUT2D eigenvalue weighted by Crippen LogP contribution is -2.43. The monoisotopic (exact) mass is 329 g/mol. The van der Waals surface area contributed by atoms with Gasteiger partial charge in [0.2, 0.25) is 0 Å². The Morgan fingerprint density at radius 1 is 1.63 bits per heavy atom. The van der Waals surface area contributed by atoms with Crippen LogP contribution in [-0.4, -0.2) is 43.5 Å². The summed E-state index contributed by atoms with van der Waals surface area (Å²) in [5.74, 6) is 0.349. The van der Waals surface area contributed by atoms with E-state index in [1.165, 1.54) is 0 Å². The van der Waals surface area contributed by atoms with Gasteiger partial charge in [-0.05, 0) is 34.1 Å². The van der Waals surface area contributed by atoms with Crippen LogP contribution in [0.25, 0.3) is 0 Å². The lowest BCUT2D eigenvalue weighted by Gasteiger charge is -2.20. The van der Waals surface area contributed by atoms with E-state index in [0.29, 0.717) is 28.8 Å². The van der Waals surface area contributed by atoms with E-state index in [-0.39, 0.29) is 19.1 Å². The Balaban J connectivity index is 2.03. The van der Waals surface area contributed by atoms with Gasteiger partial charge in [0, 0.05) is 24.0 Å². The SMILES string of the molecule is COc1ccc(Br)c(C(=O)NC[C@]2(O)CCOC2)c1. The molecule has 0 aliphatic carbocycles. The zero-order valence-corrected chi connectivity index (χ0v) is 12.2. The van der Waals surface area contributed by atoms with E-state index in [9.17, 15) is 9.90 Å². The maximum absolute atomic E-state index is 12.1. The Labute approximate surface area is 120 Å². The molecule has 0 unspecified atom stereocenters. The Hall–Kier alpha value is -1.11. The minimum Gasteiger partial charge on any atom is -0.497 e. The van der Waals surface area contributed by atoms with Crippen molar-refractivity contribution in [3.8, 4) is 5.75 Å². The van der Waals surface area contributed by atoms with Gasteiger partial charge in [0.25, 0.3) is 5.91 Å². The molecule has 1 fully saturated rings. The van der Waals surface area contributed by atoms with E-state index in [1.807, 2.05) is 0 Å². The maximum Gasteiger partial charge on any atom is 0.252 e. The number of aliphatic hydroxyl groups is 1. The molecule has 1 amide bonds. The molecule has 1 aliphatic heterocycles. The average Bonchev–Trinajstić information content (AvgIpc) is 2.84. The summed E-state index contributed by atoms with van der Waals surface area (Å²) in [6.07, 6.45) is 0.534. The first-order valence-electron chi connectivity index (χ1n) is 5.96. The molecule has 1 aromatic carbocycles. The highest BCUT2D eigenvalue weighted by Crippen LogP contribution is 2.23. The zero-order valence-electron chi connectivity index (χ0n) is 10.6. The molecule has 1 heterocycles. The smallest absolute Gasteiger partial charge is 0.252 e. The Bertz CT molecular complexity index is 472. The summed E-state index contributed by atoms with van der Waals surface area (Å²) in [6, 6.07) is 5.16.